The summed E-state index contributed by atoms with van der Waals surface area (Å²) >= 11 is 0. The number of amides is 2. The first-order chi connectivity index (χ1) is 16.5. The SMILES string of the molecule is CNC(=O)N1CCc2c(c(N3CCCc4nc(C)c(OC(F)F)cc43)nn2C2CCOCC2)C1. The van der Waals surface area contributed by atoms with Crippen LogP contribution in [0.5, 0.6) is 5.75 Å². The lowest BCUT2D eigenvalue weighted by Crippen LogP contribution is -2.42. The molecule has 0 bridgehead atoms. The van der Waals surface area contributed by atoms with Crippen LogP contribution in [0.25, 0.3) is 0 Å². The number of hydrogen-bond donors (Lipinski definition) is 1. The number of carbonyl (C=O) groups is 1. The summed E-state index contributed by atoms with van der Waals surface area (Å²) < 4.78 is 38.4. The highest BCUT2D eigenvalue weighted by Gasteiger charge is 2.34. The van der Waals surface area contributed by atoms with Gasteiger partial charge in [0, 0.05) is 57.1 Å². The van der Waals surface area contributed by atoms with Crippen molar-refractivity contribution < 1.29 is 23.0 Å². The Morgan fingerprint density at radius 3 is 2.79 bits per heavy atom. The van der Waals surface area contributed by atoms with Crippen molar-refractivity contribution in [2.75, 3.05) is 38.3 Å². The lowest BCUT2D eigenvalue weighted by molar-refractivity contribution is -0.0505. The van der Waals surface area contributed by atoms with E-state index in [2.05, 4.69) is 19.9 Å². The van der Waals surface area contributed by atoms with Crippen LogP contribution in [0, 0.1) is 6.92 Å². The minimum absolute atomic E-state index is 0.0744. The van der Waals surface area contributed by atoms with Gasteiger partial charge in [-0.25, -0.2) is 4.79 Å². The number of hydrogen-bond acceptors (Lipinski definition) is 6. The van der Waals surface area contributed by atoms with Crippen LogP contribution >= 0.6 is 0 Å². The zero-order valence-corrected chi connectivity index (χ0v) is 19.5. The van der Waals surface area contributed by atoms with Gasteiger partial charge in [0.05, 0.1) is 29.7 Å². The van der Waals surface area contributed by atoms with E-state index in [-0.39, 0.29) is 17.8 Å². The van der Waals surface area contributed by atoms with Gasteiger partial charge in [0.1, 0.15) is 5.75 Å². The van der Waals surface area contributed by atoms with Crippen molar-refractivity contribution in [1.82, 2.24) is 25.0 Å². The first-order valence-electron chi connectivity index (χ1n) is 11.8. The number of anilines is 2. The Hall–Kier alpha value is -2.95. The summed E-state index contributed by atoms with van der Waals surface area (Å²) in [5.41, 5.74) is 4.17. The van der Waals surface area contributed by atoms with Gasteiger partial charge >= 0.3 is 12.6 Å². The van der Waals surface area contributed by atoms with Gasteiger partial charge < -0.3 is 24.6 Å². The van der Waals surface area contributed by atoms with Crippen LogP contribution < -0.4 is 15.0 Å². The van der Waals surface area contributed by atoms with E-state index in [0.717, 1.165) is 54.1 Å². The maximum absolute atomic E-state index is 13.0. The van der Waals surface area contributed by atoms with E-state index in [1.54, 1.807) is 24.9 Å². The molecule has 34 heavy (non-hydrogen) atoms. The molecular weight excluding hydrogens is 446 g/mol. The fourth-order valence-electron chi connectivity index (χ4n) is 5.21. The molecule has 1 fully saturated rings. The summed E-state index contributed by atoms with van der Waals surface area (Å²) in [4.78, 5) is 20.8. The third-order valence-electron chi connectivity index (χ3n) is 6.88. The lowest BCUT2D eigenvalue weighted by atomic mass is 10.0. The average Bonchev–Trinajstić information content (AvgIpc) is 3.22. The predicted molar refractivity (Wildman–Crippen MR) is 121 cm³/mol. The Balaban J connectivity index is 1.59. The molecule has 1 saturated heterocycles. The fourth-order valence-corrected chi connectivity index (χ4v) is 5.21. The molecule has 5 heterocycles. The molecule has 9 nitrogen and oxygen atoms in total. The van der Waals surface area contributed by atoms with Crippen LogP contribution in [-0.4, -0.2) is 65.7 Å². The van der Waals surface area contributed by atoms with E-state index < -0.39 is 6.61 Å². The molecular formula is C23H30F2N6O3. The fraction of sp³-hybridized carbons (Fsp3) is 0.609. The van der Waals surface area contributed by atoms with Crippen molar-refractivity contribution >= 4 is 17.5 Å². The number of alkyl halides is 2. The van der Waals surface area contributed by atoms with Crippen molar-refractivity contribution in [3.8, 4) is 5.75 Å². The number of pyridine rings is 1. The summed E-state index contributed by atoms with van der Waals surface area (Å²) in [5.74, 6) is 0.843. The van der Waals surface area contributed by atoms with E-state index in [1.165, 1.54) is 0 Å². The van der Waals surface area contributed by atoms with Gasteiger partial charge in [0.2, 0.25) is 0 Å². The molecule has 0 spiro atoms. The normalized spacial score (nSPS) is 18.6. The summed E-state index contributed by atoms with van der Waals surface area (Å²) in [6, 6.07) is 1.77. The molecule has 3 aliphatic heterocycles. The van der Waals surface area contributed by atoms with Crippen LogP contribution in [0.2, 0.25) is 0 Å². The van der Waals surface area contributed by atoms with E-state index in [0.29, 0.717) is 45.0 Å². The van der Waals surface area contributed by atoms with E-state index in [1.807, 2.05) is 0 Å². The standard InChI is InChI=1S/C23H30F2N6O3/c1-14-20(34-22(24)25)12-19-17(27-14)4-3-8-30(19)21-16-13-29(23(32)26-2)9-5-18(16)31(28-21)15-6-10-33-11-7-15/h12,15,22H,3-11,13H2,1-2H3,(H,26,32). The van der Waals surface area contributed by atoms with Crippen LogP contribution in [0.4, 0.5) is 25.1 Å². The largest absolute Gasteiger partial charge is 0.433 e. The highest BCUT2D eigenvalue weighted by atomic mass is 19.3. The van der Waals surface area contributed by atoms with Gasteiger partial charge in [-0.3, -0.25) is 9.67 Å². The zero-order chi connectivity index (χ0) is 23.8. The number of urea groups is 1. The molecule has 5 rings (SSSR count). The van der Waals surface area contributed by atoms with Crippen LogP contribution in [0.3, 0.4) is 0 Å². The molecule has 0 unspecified atom stereocenters. The molecule has 0 radical (unpaired) electrons. The quantitative estimate of drug-likeness (QED) is 0.729. The monoisotopic (exact) mass is 476 g/mol. The lowest BCUT2D eigenvalue weighted by Gasteiger charge is -2.32. The first kappa shape index (κ1) is 22.8. The van der Waals surface area contributed by atoms with E-state index in [4.69, 9.17) is 14.6 Å². The van der Waals surface area contributed by atoms with Crippen LogP contribution in [0.1, 0.15) is 47.9 Å². The second kappa shape index (κ2) is 9.36. The second-order valence-corrected chi connectivity index (χ2v) is 8.94. The number of nitrogens with zero attached hydrogens (tertiary/aromatic N) is 5. The minimum atomic E-state index is -2.92. The second-order valence-electron chi connectivity index (χ2n) is 8.94. The molecule has 2 aromatic rings. The van der Waals surface area contributed by atoms with Crippen molar-refractivity contribution in [3.63, 3.8) is 0 Å². The maximum atomic E-state index is 13.0. The average molecular weight is 477 g/mol. The smallest absolute Gasteiger partial charge is 0.387 e. The number of rotatable bonds is 4. The van der Waals surface area contributed by atoms with Crippen LogP contribution in [0.15, 0.2) is 6.07 Å². The molecule has 0 saturated carbocycles. The summed E-state index contributed by atoms with van der Waals surface area (Å²) in [5, 5.41) is 7.80. The van der Waals surface area contributed by atoms with Gasteiger partial charge in [-0.15, -0.1) is 0 Å². The van der Waals surface area contributed by atoms with Crippen molar-refractivity contribution in [2.45, 2.75) is 58.2 Å². The summed E-state index contributed by atoms with van der Waals surface area (Å²) in [6.45, 7) is 1.90. The van der Waals surface area contributed by atoms with E-state index in [9.17, 15) is 13.6 Å². The highest BCUT2D eigenvalue weighted by molar-refractivity contribution is 5.75. The van der Waals surface area contributed by atoms with Crippen molar-refractivity contribution in [3.05, 3.63) is 28.7 Å². The van der Waals surface area contributed by atoms with Crippen molar-refractivity contribution in [2.24, 2.45) is 0 Å². The van der Waals surface area contributed by atoms with Crippen molar-refractivity contribution in [1.29, 1.82) is 0 Å². The highest BCUT2D eigenvalue weighted by Crippen LogP contribution is 2.40. The molecule has 0 aromatic carbocycles. The van der Waals surface area contributed by atoms with Gasteiger partial charge in [-0.05, 0) is 32.6 Å². The molecule has 11 heteroatoms. The topological polar surface area (TPSA) is 84.8 Å². The molecule has 2 amide bonds. The van der Waals surface area contributed by atoms with E-state index >= 15 is 0 Å². The van der Waals surface area contributed by atoms with Crippen LogP contribution in [-0.2, 0) is 24.1 Å². The third-order valence-corrected chi connectivity index (χ3v) is 6.88. The minimum Gasteiger partial charge on any atom is -0.433 e. The Labute approximate surface area is 197 Å². The number of carbonyl (C=O) groups excluding carboxylic acids is 1. The van der Waals surface area contributed by atoms with Gasteiger partial charge in [0.25, 0.3) is 0 Å². The van der Waals surface area contributed by atoms with Gasteiger partial charge in [0.15, 0.2) is 5.82 Å². The van der Waals surface area contributed by atoms with Gasteiger partial charge in [-0.2, -0.15) is 13.9 Å². The Morgan fingerprint density at radius 2 is 2.06 bits per heavy atom. The first-order valence-corrected chi connectivity index (χ1v) is 11.8. The number of aromatic nitrogens is 3. The Kier molecular flexibility index (Phi) is 6.28. The molecule has 184 valence electrons. The number of ether oxygens (including phenoxy) is 2. The zero-order valence-electron chi connectivity index (χ0n) is 19.5. The predicted octanol–water partition coefficient (Wildman–Crippen LogP) is 3.32. The molecule has 0 atom stereocenters. The number of halogens is 2. The maximum Gasteiger partial charge on any atom is 0.387 e. The third kappa shape index (κ3) is 4.17. The summed E-state index contributed by atoms with van der Waals surface area (Å²) in [6.07, 6.45) is 4.11. The molecule has 3 aliphatic rings. The number of fused-ring (bicyclic) bond motifs is 2. The number of aryl methyl sites for hydroxylation is 2. The number of nitrogens with one attached hydrogen (secondary N) is 1. The molecule has 2 aromatic heterocycles. The molecule has 1 N–H and O–H groups in total. The van der Waals surface area contributed by atoms with Gasteiger partial charge in [-0.1, -0.05) is 0 Å². The molecule has 0 aliphatic carbocycles. The summed E-state index contributed by atoms with van der Waals surface area (Å²) in [7, 11) is 1.63. The Morgan fingerprint density at radius 1 is 1.26 bits per heavy atom. The Bertz CT molecular complexity index is 1070.